The smallest absolute Gasteiger partial charge is 0.408 e. The van der Waals surface area contributed by atoms with E-state index in [1.165, 1.54) is 0 Å². The van der Waals surface area contributed by atoms with Crippen LogP contribution in [0.2, 0.25) is 0 Å². The molecule has 0 radical (unpaired) electrons. The fourth-order valence-electron chi connectivity index (χ4n) is 2.35. The van der Waals surface area contributed by atoms with Crippen LogP contribution >= 0.6 is 0 Å². The topological polar surface area (TPSA) is 94.2 Å². The molecule has 120 valence electrons. The SMILES string of the molecule is O=c1[nH]c2cc(-c3nc(COCc4ccccc4)no3)ccc2o1. The third kappa shape index (κ3) is 2.97. The van der Waals surface area contributed by atoms with Crippen molar-refractivity contribution in [3.8, 4) is 11.5 Å². The molecule has 0 spiro atoms. The number of hydrogen-bond acceptors (Lipinski definition) is 6. The zero-order chi connectivity index (χ0) is 16.4. The fraction of sp³-hybridized carbons (Fsp3) is 0.118. The van der Waals surface area contributed by atoms with Crippen molar-refractivity contribution in [1.82, 2.24) is 15.1 Å². The maximum atomic E-state index is 11.2. The van der Waals surface area contributed by atoms with Crippen LogP contribution in [0.15, 0.2) is 62.3 Å². The van der Waals surface area contributed by atoms with E-state index >= 15 is 0 Å². The summed E-state index contributed by atoms with van der Waals surface area (Å²) in [7, 11) is 0. The largest absolute Gasteiger partial charge is 0.417 e. The van der Waals surface area contributed by atoms with Gasteiger partial charge in [0.15, 0.2) is 11.4 Å². The molecule has 0 saturated carbocycles. The Labute approximate surface area is 135 Å². The number of hydrogen-bond donors (Lipinski definition) is 1. The molecule has 0 bridgehead atoms. The lowest BCUT2D eigenvalue weighted by molar-refractivity contribution is 0.0999. The molecule has 4 rings (SSSR count). The minimum absolute atomic E-state index is 0.253. The summed E-state index contributed by atoms with van der Waals surface area (Å²) in [6.07, 6.45) is 0. The molecule has 0 aliphatic carbocycles. The number of oxazole rings is 1. The third-order valence-corrected chi connectivity index (χ3v) is 3.48. The molecule has 0 fully saturated rings. The van der Waals surface area contributed by atoms with Gasteiger partial charge in [0.05, 0.1) is 12.1 Å². The molecule has 0 unspecified atom stereocenters. The molecule has 2 aromatic carbocycles. The summed E-state index contributed by atoms with van der Waals surface area (Å²) in [5.74, 6) is 0.321. The van der Waals surface area contributed by atoms with Gasteiger partial charge in [-0.3, -0.25) is 4.98 Å². The van der Waals surface area contributed by atoms with Crippen molar-refractivity contribution in [1.29, 1.82) is 0 Å². The maximum absolute atomic E-state index is 11.2. The van der Waals surface area contributed by atoms with Gasteiger partial charge in [-0.2, -0.15) is 4.98 Å². The zero-order valence-electron chi connectivity index (χ0n) is 12.6. The molecule has 4 aromatic rings. The molecule has 0 aliphatic rings. The van der Waals surface area contributed by atoms with Gasteiger partial charge in [-0.1, -0.05) is 35.5 Å². The van der Waals surface area contributed by atoms with Crippen LogP contribution in [-0.4, -0.2) is 15.1 Å². The van der Waals surface area contributed by atoms with Gasteiger partial charge in [-0.05, 0) is 23.8 Å². The number of nitrogens with zero attached hydrogens (tertiary/aromatic N) is 2. The Morgan fingerprint density at radius 2 is 1.96 bits per heavy atom. The minimum atomic E-state index is -0.498. The molecule has 0 atom stereocenters. The van der Waals surface area contributed by atoms with E-state index in [0.29, 0.717) is 35.0 Å². The number of ether oxygens (including phenoxy) is 1. The number of fused-ring (bicyclic) bond motifs is 1. The van der Waals surface area contributed by atoms with Crippen LogP contribution in [0.4, 0.5) is 0 Å². The highest BCUT2D eigenvalue weighted by atomic mass is 16.5. The summed E-state index contributed by atoms with van der Waals surface area (Å²) in [6.45, 7) is 0.732. The van der Waals surface area contributed by atoms with Crippen LogP contribution in [0.5, 0.6) is 0 Å². The van der Waals surface area contributed by atoms with Crippen molar-refractivity contribution < 1.29 is 13.7 Å². The molecular formula is C17H13N3O4. The molecule has 1 N–H and O–H groups in total. The van der Waals surface area contributed by atoms with Gasteiger partial charge in [0.1, 0.15) is 6.61 Å². The molecule has 0 saturated heterocycles. The van der Waals surface area contributed by atoms with Crippen LogP contribution in [0, 0.1) is 0 Å². The van der Waals surface area contributed by atoms with Crippen LogP contribution in [-0.2, 0) is 18.0 Å². The standard InChI is InChI=1S/C17H13N3O4/c21-17-18-13-8-12(6-7-14(13)23-17)16-19-15(20-24-16)10-22-9-11-4-2-1-3-5-11/h1-8H,9-10H2,(H,18,21). The van der Waals surface area contributed by atoms with Crippen LogP contribution in [0.1, 0.15) is 11.4 Å². The second kappa shape index (κ2) is 6.13. The van der Waals surface area contributed by atoms with Gasteiger partial charge in [0.2, 0.25) is 0 Å². The van der Waals surface area contributed by atoms with Gasteiger partial charge in [0.25, 0.3) is 5.89 Å². The highest BCUT2D eigenvalue weighted by Crippen LogP contribution is 2.21. The molecule has 24 heavy (non-hydrogen) atoms. The summed E-state index contributed by atoms with van der Waals surface area (Å²) in [6, 6.07) is 15.0. The monoisotopic (exact) mass is 323 g/mol. The first kappa shape index (κ1) is 14.4. The summed E-state index contributed by atoms with van der Waals surface area (Å²) >= 11 is 0. The second-order valence-electron chi connectivity index (χ2n) is 5.22. The van der Waals surface area contributed by atoms with E-state index in [1.54, 1.807) is 18.2 Å². The van der Waals surface area contributed by atoms with Crippen molar-refractivity contribution >= 4 is 11.1 Å². The third-order valence-electron chi connectivity index (χ3n) is 3.48. The van der Waals surface area contributed by atoms with Crippen molar-refractivity contribution in [2.24, 2.45) is 0 Å². The average molecular weight is 323 g/mol. The Bertz CT molecular complexity index is 1020. The Hall–Kier alpha value is -3.19. The highest BCUT2D eigenvalue weighted by molar-refractivity contribution is 5.77. The first-order valence-electron chi connectivity index (χ1n) is 7.35. The van der Waals surface area contributed by atoms with Crippen molar-refractivity contribution in [2.75, 3.05) is 0 Å². The van der Waals surface area contributed by atoms with Gasteiger partial charge in [-0.15, -0.1) is 0 Å². The summed E-state index contributed by atoms with van der Waals surface area (Å²) in [5, 5.41) is 3.90. The predicted octanol–water partition coefficient (Wildman–Crippen LogP) is 2.89. The summed E-state index contributed by atoms with van der Waals surface area (Å²) in [5.41, 5.74) is 2.84. The van der Waals surface area contributed by atoms with E-state index in [0.717, 1.165) is 5.56 Å². The number of benzene rings is 2. The lowest BCUT2D eigenvalue weighted by atomic mass is 10.2. The zero-order valence-corrected chi connectivity index (χ0v) is 12.6. The highest BCUT2D eigenvalue weighted by Gasteiger charge is 2.11. The number of nitrogens with one attached hydrogen (secondary N) is 1. The van der Waals surface area contributed by atoms with E-state index in [-0.39, 0.29) is 6.61 Å². The van der Waals surface area contributed by atoms with Crippen LogP contribution < -0.4 is 5.76 Å². The first-order valence-corrected chi connectivity index (χ1v) is 7.35. The lowest BCUT2D eigenvalue weighted by Crippen LogP contribution is -1.95. The van der Waals surface area contributed by atoms with E-state index in [9.17, 15) is 4.79 Å². The minimum Gasteiger partial charge on any atom is -0.408 e. The van der Waals surface area contributed by atoms with E-state index < -0.39 is 5.76 Å². The molecule has 2 aromatic heterocycles. The number of aromatic nitrogens is 3. The first-order chi connectivity index (χ1) is 11.8. The molecular weight excluding hydrogens is 310 g/mol. The van der Waals surface area contributed by atoms with Gasteiger partial charge in [-0.25, -0.2) is 4.79 Å². The van der Waals surface area contributed by atoms with Crippen molar-refractivity contribution in [2.45, 2.75) is 13.2 Å². The van der Waals surface area contributed by atoms with Gasteiger partial charge >= 0.3 is 5.76 Å². The summed E-state index contributed by atoms with van der Waals surface area (Å²) < 4.78 is 15.8. The fourth-order valence-corrected chi connectivity index (χ4v) is 2.35. The second-order valence-corrected chi connectivity index (χ2v) is 5.22. The molecule has 0 aliphatic heterocycles. The predicted molar refractivity (Wildman–Crippen MR) is 85.1 cm³/mol. The average Bonchev–Trinajstić information content (AvgIpc) is 3.20. The van der Waals surface area contributed by atoms with Crippen molar-refractivity contribution in [3.63, 3.8) is 0 Å². The van der Waals surface area contributed by atoms with E-state index in [4.69, 9.17) is 13.7 Å². The molecule has 7 nitrogen and oxygen atoms in total. The number of H-pyrrole nitrogens is 1. The lowest BCUT2D eigenvalue weighted by Gasteiger charge is -2.00. The van der Waals surface area contributed by atoms with E-state index in [2.05, 4.69) is 15.1 Å². The van der Waals surface area contributed by atoms with Gasteiger partial charge < -0.3 is 13.7 Å². The molecule has 7 heteroatoms. The summed E-state index contributed by atoms with van der Waals surface area (Å²) in [4.78, 5) is 18.1. The number of aromatic amines is 1. The maximum Gasteiger partial charge on any atom is 0.417 e. The van der Waals surface area contributed by atoms with Crippen LogP contribution in [0.3, 0.4) is 0 Å². The Balaban J connectivity index is 1.46. The molecule has 2 heterocycles. The normalized spacial score (nSPS) is 11.2. The Morgan fingerprint density at radius 1 is 1.08 bits per heavy atom. The van der Waals surface area contributed by atoms with Gasteiger partial charge in [0, 0.05) is 5.56 Å². The number of rotatable bonds is 5. The Morgan fingerprint density at radius 3 is 2.83 bits per heavy atom. The molecule has 0 amide bonds. The Kier molecular flexibility index (Phi) is 3.68. The van der Waals surface area contributed by atoms with Crippen molar-refractivity contribution in [3.05, 3.63) is 70.5 Å². The quantitative estimate of drug-likeness (QED) is 0.607. The van der Waals surface area contributed by atoms with E-state index in [1.807, 2.05) is 30.3 Å². The van der Waals surface area contributed by atoms with Crippen LogP contribution in [0.25, 0.3) is 22.6 Å².